The second-order valence-electron chi connectivity index (χ2n) is 14.7. The molecule has 0 amide bonds. The molecule has 2 aliphatic carbocycles. The number of hydrogen-bond donors (Lipinski definition) is 0. The first kappa shape index (κ1) is 32.2. The van der Waals surface area contributed by atoms with Crippen LogP contribution >= 0.6 is 17.0 Å². The maximum atomic E-state index is 8.64. The molecule has 2 atom stereocenters. The SMILES string of the molecule is CC1=Cc2c(-c3ccc4ccccc4c3)ccc(C)c2[CH]1[Zr]([Cl])([Cl])([CH]1C(C)=Cc2c(-c3ccc4ccccc4c3)ccc(C)c21)[SiH](C)C. The van der Waals surface area contributed by atoms with Crippen LogP contribution in [0, 0.1) is 13.8 Å². The van der Waals surface area contributed by atoms with Crippen LogP contribution in [-0.2, 0) is 15.6 Å². The van der Waals surface area contributed by atoms with Crippen molar-refractivity contribution in [1.29, 1.82) is 0 Å². The summed E-state index contributed by atoms with van der Waals surface area (Å²) in [6.45, 7) is 14.0. The molecule has 0 nitrogen and oxygen atoms in total. The van der Waals surface area contributed by atoms with E-state index in [9.17, 15) is 0 Å². The van der Waals surface area contributed by atoms with E-state index in [4.69, 9.17) is 17.0 Å². The van der Waals surface area contributed by atoms with E-state index < -0.39 is 21.5 Å². The van der Waals surface area contributed by atoms with Crippen molar-refractivity contribution in [1.82, 2.24) is 0 Å². The third-order valence-corrected chi connectivity index (χ3v) is 63.7. The van der Waals surface area contributed by atoms with Gasteiger partial charge in [0.05, 0.1) is 0 Å². The van der Waals surface area contributed by atoms with Crippen molar-refractivity contribution in [2.45, 2.75) is 48.0 Å². The Balaban J connectivity index is 1.32. The predicted molar refractivity (Wildman–Crippen MR) is 212 cm³/mol. The van der Waals surface area contributed by atoms with Gasteiger partial charge in [-0.05, 0) is 0 Å². The molecule has 0 saturated heterocycles. The second-order valence-corrected chi connectivity index (χ2v) is 57.2. The molecule has 0 radical (unpaired) electrons. The van der Waals surface area contributed by atoms with Gasteiger partial charge in [-0.3, -0.25) is 0 Å². The van der Waals surface area contributed by atoms with Gasteiger partial charge in [0, 0.05) is 0 Å². The van der Waals surface area contributed by atoms with Crippen molar-refractivity contribution >= 4 is 56.6 Å². The summed E-state index contributed by atoms with van der Waals surface area (Å²) in [4.78, 5) is 0. The molecule has 0 aromatic heterocycles. The molecule has 0 spiro atoms. The minimum atomic E-state index is -4.84. The Morgan fingerprint density at radius 2 is 0.896 bits per heavy atom. The minimum absolute atomic E-state index is 0.0693. The fraction of sp³-hybridized carbons (Fsp3) is 0.182. The fourth-order valence-electron chi connectivity index (χ4n) is 9.12. The van der Waals surface area contributed by atoms with Crippen LogP contribution < -0.4 is 0 Å². The molecular weight excluding hydrogens is 719 g/mol. The van der Waals surface area contributed by atoms with Crippen molar-refractivity contribution in [2.75, 3.05) is 0 Å². The van der Waals surface area contributed by atoms with Gasteiger partial charge in [-0.15, -0.1) is 0 Å². The molecule has 8 rings (SSSR count). The van der Waals surface area contributed by atoms with Gasteiger partial charge in [0.1, 0.15) is 0 Å². The molecule has 4 heteroatoms. The van der Waals surface area contributed by atoms with Gasteiger partial charge in [0.2, 0.25) is 0 Å². The molecule has 48 heavy (non-hydrogen) atoms. The van der Waals surface area contributed by atoms with E-state index in [0.29, 0.717) is 0 Å². The molecule has 0 N–H and O–H groups in total. The summed E-state index contributed by atoms with van der Waals surface area (Å²) in [5.74, 6) is -1.64. The number of fused-ring (bicyclic) bond motifs is 4. The number of hydrogen-bond acceptors (Lipinski definition) is 0. The number of aryl methyl sites for hydroxylation is 2. The normalized spacial score (nSPS) is 18.1. The van der Waals surface area contributed by atoms with Gasteiger partial charge in [0.25, 0.3) is 0 Å². The molecular formula is C44H41Cl2SiZr. The van der Waals surface area contributed by atoms with E-state index in [2.05, 4.69) is 162 Å². The predicted octanol–water partition coefficient (Wildman–Crippen LogP) is 13.5. The van der Waals surface area contributed by atoms with Gasteiger partial charge in [-0.1, -0.05) is 0 Å². The van der Waals surface area contributed by atoms with Crippen LogP contribution in [0.2, 0.25) is 13.1 Å². The third kappa shape index (κ3) is 4.70. The number of halogens is 2. The second kappa shape index (κ2) is 11.5. The van der Waals surface area contributed by atoms with Crippen molar-refractivity contribution in [3.63, 3.8) is 0 Å². The zero-order chi connectivity index (χ0) is 33.6. The van der Waals surface area contributed by atoms with Crippen LogP contribution in [-0.4, -0.2) is 5.92 Å². The Morgan fingerprint density at radius 1 is 0.500 bits per heavy atom. The average molecular weight is 760 g/mol. The average Bonchev–Trinajstić information content (AvgIpc) is 3.63. The van der Waals surface area contributed by atoms with Crippen molar-refractivity contribution in [2.24, 2.45) is 0 Å². The summed E-state index contributed by atoms with van der Waals surface area (Å²) in [6.07, 6.45) is 4.86. The van der Waals surface area contributed by atoms with Gasteiger partial charge in [0.15, 0.2) is 0 Å². The van der Waals surface area contributed by atoms with Crippen LogP contribution in [0.4, 0.5) is 0 Å². The monoisotopic (exact) mass is 757 g/mol. The molecule has 2 unspecified atom stereocenters. The number of rotatable bonds is 5. The Morgan fingerprint density at radius 3 is 1.29 bits per heavy atom. The molecule has 0 heterocycles. The van der Waals surface area contributed by atoms with Gasteiger partial charge < -0.3 is 0 Å². The Bertz CT molecular complexity index is 2220. The quantitative estimate of drug-likeness (QED) is 0.154. The molecule has 2 aliphatic rings. The maximum absolute atomic E-state index is 8.64. The third-order valence-electron chi connectivity index (χ3n) is 11.6. The number of benzene rings is 6. The zero-order valence-electron chi connectivity index (χ0n) is 28.5. The van der Waals surface area contributed by atoms with E-state index in [1.165, 1.54) is 88.3 Å². The molecule has 6 aromatic rings. The summed E-state index contributed by atoms with van der Waals surface area (Å²) in [5.41, 5.74) is 15.7. The van der Waals surface area contributed by atoms with Crippen molar-refractivity contribution in [3.8, 4) is 22.3 Å². The molecule has 0 saturated carbocycles. The van der Waals surface area contributed by atoms with Gasteiger partial charge in [-0.2, -0.15) is 0 Å². The van der Waals surface area contributed by atoms with Gasteiger partial charge >= 0.3 is 296 Å². The molecule has 0 aliphatic heterocycles. The zero-order valence-corrected chi connectivity index (χ0v) is 33.7. The van der Waals surface area contributed by atoms with Crippen molar-refractivity contribution < 1.29 is 15.6 Å². The van der Waals surface area contributed by atoms with Crippen LogP contribution in [0.1, 0.15) is 54.5 Å². The van der Waals surface area contributed by atoms with E-state index in [1.54, 1.807) is 0 Å². The van der Waals surface area contributed by atoms with E-state index in [0.717, 1.165) is 0 Å². The molecule has 0 fully saturated rings. The first-order chi connectivity index (χ1) is 23.0. The first-order valence-corrected chi connectivity index (χ1v) is 33.5. The van der Waals surface area contributed by atoms with Crippen LogP contribution in [0.25, 0.3) is 56.0 Å². The summed E-state index contributed by atoms with van der Waals surface area (Å²) in [6, 6.07) is 40.2. The standard InChI is InChI=1S/2C21H17.C2H7Si.2ClH.Zr/c2*1-14-11-20-15(2)7-10-19(21(20)12-14)18-9-8-16-5-3-4-6-17(16)13-18;1-3-2;;;/h2*3-13H,1-2H3;3H,1-2H3;2*1H;/q;;;;;+2/p-2. The molecule has 6 aromatic carbocycles. The van der Waals surface area contributed by atoms with Crippen LogP contribution in [0.5, 0.6) is 0 Å². The number of allylic oxidation sites excluding steroid dienone is 2. The summed E-state index contributed by atoms with van der Waals surface area (Å²) < 4.78 is 0.139. The fourth-order valence-corrected chi connectivity index (χ4v) is 42.1. The topological polar surface area (TPSA) is 0 Å². The summed E-state index contributed by atoms with van der Waals surface area (Å²) >= 11 is -4.84. The van der Waals surface area contributed by atoms with E-state index in [-0.39, 0.29) is 7.25 Å². The van der Waals surface area contributed by atoms with Crippen LogP contribution in [0.15, 0.2) is 120 Å². The van der Waals surface area contributed by atoms with E-state index >= 15 is 0 Å². The van der Waals surface area contributed by atoms with Crippen LogP contribution in [0.3, 0.4) is 0 Å². The Kier molecular flexibility index (Phi) is 7.74. The summed E-state index contributed by atoms with van der Waals surface area (Å²) in [7, 11) is 17.3. The molecule has 0 bridgehead atoms. The Hall–Kier alpha value is -3.00. The summed E-state index contributed by atoms with van der Waals surface area (Å²) in [5, 5.41) is 5.04. The molecule has 239 valence electrons. The van der Waals surface area contributed by atoms with E-state index in [1.807, 2.05) is 0 Å². The first-order valence-electron chi connectivity index (χ1n) is 17.2. The van der Waals surface area contributed by atoms with Gasteiger partial charge in [-0.25, -0.2) is 0 Å². The van der Waals surface area contributed by atoms with Crippen molar-refractivity contribution in [3.05, 3.63) is 154 Å². The Labute approximate surface area is 293 Å².